The lowest BCUT2D eigenvalue weighted by atomic mass is 10.1. The number of nitrogens with zero attached hydrogens (tertiary/aromatic N) is 3. The van der Waals surface area contributed by atoms with Crippen molar-refractivity contribution in [3.8, 4) is 11.3 Å². The SMILES string of the molecule is CN(C)c1cc(-c2cc(F)cc(F)c2)nc(N(C)C)c1. The lowest BCUT2D eigenvalue weighted by Crippen LogP contribution is -2.14. The molecule has 20 heavy (non-hydrogen) atoms. The first-order valence-corrected chi connectivity index (χ1v) is 6.20. The maximum Gasteiger partial charge on any atom is 0.130 e. The standard InChI is InChI=1S/C15H17F2N3/c1-19(2)13-8-14(18-15(9-13)20(3)4)10-5-11(16)7-12(17)6-10/h5-9H,1-4H3. The summed E-state index contributed by atoms with van der Waals surface area (Å²) < 4.78 is 26.7. The average Bonchev–Trinajstić information content (AvgIpc) is 2.36. The molecule has 2 aromatic rings. The normalized spacial score (nSPS) is 10.5. The van der Waals surface area contributed by atoms with Crippen LogP contribution >= 0.6 is 0 Å². The quantitative estimate of drug-likeness (QED) is 0.859. The van der Waals surface area contributed by atoms with E-state index in [4.69, 9.17) is 0 Å². The van der Waals surface area contributed by atoms with Gasteiger partial charge in [-0.2, -0.15) is 0 Å². The molecule has 0 unspecified atom stereocenters. The molecule has 0 bridgehead atoms. The summed E-state index contributed by atoms with van der Waals surface area (Å²) in [5, 5.41) is 0. The van der Waals surface area contributed by atoms with Gasteiger partial charge in [-0.15, -0.1) is 0 Å². The molecule has 0 fully saturated rings. The minimum Gasteiger partial charge on any atom is -0.377 e. The molecule has 3 nitrogen and oxygen atoms in total. The highest BCUT2D eigenvalue weighted by Gasteiger charge is 2.10. The number of anilines is 2. The Balaban J connectivity index is 2.60. The van der Waals surface area contributed by atoms with Crippen LogP contribution in [0.4, 0.5) is 20.3 Å². The number of pyridine rings is 1. The molecule has 0 saturated heterocycles. The van der Waals surface area contributed by atoms with Gasteiger partial charge < -0.3 is 9.80 Å². The van der Waals surface area contributed by atoms with E-state index < -0.39 is 11.6 Å². The van der Waals surface area contributed by atoms with Crippen molar-refractivity contribution in [2.75, 3.05) is 38.0 Å². The second kappa shape index (κ2) is 5.45. The van der Waals surface area contributed by atoms with Crippen LogP contribution in [0, 0.1) is 11.6 Å². The van der Waals surface area contributed by atoms with Crippen molar-refractivity contribution in [2.45, 2.75) is 0 Å². The minimum absolute atomic E-state index is 0.425. The molecule has 1 aromatic carbocycles. The van der Waals surface area contributed by atoms with Crippen LogP contribution in [0.2, 0.25) is 0 Å². The largest absolute Gasteiger partial charge is 0.377 e. The van der Waals surface area contributed by atoms with E-state index in [-0.39, 0.29) is 0 Å². The Bertz CT molecular complexity index is 578. The molecule has 1 heterocycles. The maximum atomic E-state index is 13.3. The fourth-order valence-electron chi connectivity index (χ4n) is 1.84. The summed E-state index contributed by atoms with van der Waals surface area (Å²) in [5.41, 5.74) is 1.89. The van der Waals surface area contributed by atoms with E-state index in [9.17, 15) is 8.78 Å². The second-order valence-electron chi connectivity index (χ2n) is 5.02. The third-order valence-corrected chi connectivity index (χ3v) is 2.93. The summed E-state index contributed by atoms with van der Waals surface area (Å²) in [6, 6.07) is 7.14. The third kappa shape index (κ3) is 3.04. The summed E-state index contributed by atoms with van der Waals surface area (Å²) in [4.78, 5) is 8.21. The molecule has 0 saturated carbocycles. The number of rotatable bonds is 3. The highest BCUT2D eigenvalue weighted by atomic mass is 19.1. The molecule has 0 aliphatic heterocycles. The zero-order chi connectivity index (χ0) is 14.9. The zero-order valence-electron chi connectivity index (χ0n) is 12.0. The van der Waals surface area contributed by atoms with Gasteiger partial charge in [-0.3, -0.25) is 0 Å². The molecule has 2 rings (SSSR count). The Morgan fingerprint density at radius 2 is 1.40 bits per heavy atom. The lowest BCUT2D eigenvalue weighted by Gasteiger charge is -2.19. The Labute approximate surface area is 117 Å². The summed E-state index contributed by atoms with van der Waals surface area (Å²) in [6.45, 7) is 0. The van der Waals surface area contributed by atoms with Crippen LogP contribution in [-0.4, -0.2) is 33.2 Å². The van der Waals surface area contributed by atoms with E-state index in [0.717, 1.165) is 17.6 Å². The predicted molar refractivity (Wildman–Crippen MR) is 78.2 cm³/mol. The fraction of sp³-hybridized carbons (Fsp3) is 0.267. The molecular weight excluding hydrogens is 260 g/mol. The van der Waals surface area contributed by atoms with Gasteiger partial charge in [-0.1, -0.05) is 0 Å². The van der Waals surface area contributed by atoms with E-state index in [0.29, 0.717) is 11.3 Å². The Kier molecular flexibility index (Phi) is 3.88. The second-order valence-corrected chi connectivity index (χ2v) is 5.02. The molecular formula is C15H17F2N3. The third-order valence-electron chi connectivity index (χ3n) is 2.93. The van der Waals surface area contributed by atoms with Crippen LogP contribution in [-0.2, 0) is 0 Å². The molecule has 0 amide bonds. The monoisotopic (exact) mass is 277 g/mol. The first-order chi connectivity index (χ1) is 9.36. The number of benzene rings is 1. The van der Waals surface area contributed by atoms with Crippen molar-refractivity contribution in [3.05, 3.63) is 42.0 Å². The first-order valence-electron chi connectivity index (χ1n) is 6.20. The highest BCUT2D eigenvalue weighted by molar-refractivity contribution is 5.68. The molecule has 0 spiro atoms. The average molecular weight is 277 g/mol. The fourth-order valence-corrected chi connectivity index (χ4v) is 1.84. The topological polar surface area (TPSA) is 19.4 Å². The van der Waals surface area contributed by atoms with E-state index in [1.165, 1.54) is 12.1 Å². The smallest absolute Gasteiger partial charge is 0.130 e. The van der Waals surface area contributed by atoms with Crippen LogP contribution in [0.5, 0.6) is 0 Å². The van der Waals surface area contributed by atoms with Gasteiger partial charge >= 0.3 is 0 Å². The molecule has 1 aromatic heterocycles. The van der Waals surface area contributed by atoms with Gasteiger partial charge in [0.05, 0.1) is 5.69 Å². The van der Waals surface area contributed by atoms with Crippen LogP contribution < -0.4 is 9.80 Å². The molecule has 0 radical (unpaired) electrons. The van der Waals surface area contributed by atoms with Gasteiger partial charge in [0.15, 0.2) is 0 Å². The highest BCUT2D eigenvalue weighted by Crippen LogP contribution is 2.27. The summed E-state index contributed by atoms with van der Waals surface area (Å²) in [7, 11) is 7.56. The molecule has 5 heteroatoms. The number of hydrogen-bond acceptors (Lipinski definition) is 3. The van der Waals surface area contributed by atoms with Crippen molar-refractivity contribution in [1.82, 2.24) is 4.98 Å². The van der Waals surface area contributed by atoms with Gasteiger partial charge in [0.2, 0.25) is 0 Å². The van der Waals surface area contributed by atoms with Crippen molar-refractivity contribution in [2.24, 2.45) is 0 Å². The van der Waals surface area contributed by atoms with Gasteiger partial charge in [0, 0.05) is 51.6 Å². The van der Waals surface area contributed by atoms with Gasteiger partial charge in [-0.25, -0.2) is 13.8 Å². The number of halogens is 2. The van der Waals surface area contributed by atoms with Crippen molar-refractivity contribution in [1.29, 1.82) is 0 Å². The molecule has 0 N–H and O–H groups in total. The molecule has 0 aliphatic rings. The van der Waals surface area contributed by atoms with E-state index in [1.807, 2.05) is 44.1 Å². The van der Waals surface area contributed by atoms with E-state index >= 15 is 0 Å². The summed E-state index contributed by atoms with van der Waals surface area (Å²) in [5.74, 6) is -0.484. The van der Waals surface area contributed by atoms with Crippen molar-refractivity contribution in [3.63, 3.8) is 0 Å². The lowest BCUT2D eigenvalue weighted by molar-refractivity contribution is 0.584. The van der Waals surface area contributed by atoms with Gasteiger partial charge in [0.1, 0.15) is 17.5 Å². The number of hydrogen-bond donors (Lipinski definition) is 0. The predicted octanol–water partition coefficient (Wildman–Crippen LogP) is 3.16. The Hall–Kier alpha value is -2.17. The zero-order valence-corrected chi connectivity index (χ0v) is 12.0. The minimum atomic E-state index is -0.608. The molecule has 106 valence electrons. The van der Waals surface area contributed by atoms with Crippen molar-refractivity contribution < 1.29 is 8.78 Å². The maximum absolute atomic E-state index is 13.3. The van der Waals surface area contributed by atoms with Gasteiger partial charge in [-0.05, 0) is 18.2 Å². The molecule has 0 atom stereocenters. The first kappa shape index (κ1) is 14.2. The van der Waals surface area contributed by atoms with Crippen LogP contribution in [0.1, 0.15) is 0 Å². The number of aromatic nitrogens is 1. The molecule has 0 aliphatic carbocycles. The van der Waals surface area contributed by atoms with Crippen LogP contribution in [0.3, 0.4) is 0 Å². The van der Waals surface area contributed by atoms with Crippen LogP contribution in [0.15, 0.2) is 30.3 Å². The Morgan fingerprint density at radius 1 is 0.800 bits per heavy atom. The summed E-state index contributed by atoms with van der Waals surface area (Å²) in [6.07, 6.45) is 0. The van der Waals surface area contributed by atoms with Crippen molar-refractivity contribution >= 4 is 11.5 Å². The van der Waals surface area contributed by atoms with Gasteiger partial charge in [0.25, 0.3) is 0 Å². The van der Waals surface area contributed by atoms with E-state index in [1.54, 1.807) is 6.07 Å². The van der Waals surface area contributed by atoms with E-state index in [2.05, 4.69) is 4.98 Å². The summed E-state index contributed by atoms with van der Waals surface area (Å²) >= 11 is 0. The van der Waals surface area contributed by atoms with Crippen LogP contribution in [0.25, 0.3) is 11.3 Å². The Morgan fingerprint density at radius 3 is 1.90 bits per heavy atom.